The number of nitrogens with one attached hydrogen (secondary N) is 3. The van der Waals surface area contributed by atoms with Crippen LogP contribution in [0.15, 0.2) is 17.4 Å². The zero-order valence-corrected chi connectivity index (χ0v) is 10.2. The fourth-order valence-corrected chi connectivity index (χ4v) is 2.23. The normalized spacial score (nSPS) is 14.8. The van der Waals surface area contributed by atoms with E-state index in [1.165, 1.54) is 0 Å². The molecule has 1 aromatic heterocycles. The molecule has 0 spiro atoms. The van der Waals surface area contributed by atoms with Crippen LogP contribution in [-0.2, 0) is 0 Å². The SMILES string of the molecule is Clc1cc(NC2=NCCN2)c(Cl)c2[nH]cnc12. The second-order valence-corrected chi connectivity index (χ2v) is 4.41. The van der Waals surface area contributed by atoms with Crippen molar-refractivity contribution >= 4 is 45.9 Å². The van der Waals surface area contributed by atoms with E-state index in [0.717, 1.165) is 18.6 Å². The second-order valence-electron chi connectivity index (χ2n) is 3.63. The molecule has 5 nitrogen and oxygen atoms in total. The maximum atomic E-state index is 6.26. The van der Waals surface area contributed by atoms with Gasteiger partial charge in [-0.2, -0.15) is 0 Å². The average Bonchev–Trinajstić information content (AvgIpc) is 2.96. The number of nitrogens with zero attached hydrogens (tertiary/aromatic N) is 2. The Hall–Kier alpha value is -1.46. The number of rotatable bonds is 1. The fourth-order valence-electron chi connectivity index (χ4n) is 1.74. The Balaban J connectivity index is 2.06. The van der Waals surface area contributed by atoms with E-state index < -0.39 is 0 Å². The van der Waals surface area contributed by atoms with Gasteiger partial charge in [0, 0.05) is 6.54 Å². The Morgan fingerprint density at radius 3 is 3.00 bits per heavy atom. The summed E-state index contributed by atoms with van der Waals surface area (Å²) in [6, 6.07) is 1.75. The van der Waals surface area contributed by atoms with Crippen molar-refractivity contribution in [3.8, 4) is 0 Å². The molecule has 3 rings (SSSR count). The van der Waals surface area contributed by atoms with E-state index in [-0.39, 0.29) is 0 Å². The minimum Gasteiger partial charge on any atom is -0.354 e. The predicted octanol–water partition coefficient (Wildman–Crippen LogP) is 2.24. The molecule has 1 aliphatic rings. The predicted molar refractivity (Wildman–Crippen MR) is 70.0 cm³/mol. The summed E-state index contributed by atoms with van der Waals surface area (Å²) in [6.07, 6.45) is 1.57. The molecular weight excluding hydrogens is 261 g/mol. The van der Waals surface area contributed by atoms with Crippen molar-refractivity contribution < 1.29 is 0 Å². The van der Waals surface area contributed by atoms with Gasteiger partial charge >= 0.3 is 0 Å². The van der Waals surface area contributed by atoms with E-state index >= 15 is 0 Å². The summed E-state index contributed by atoms with van der Waals surface area (Å²) >= 11 is 12.4. The number of benzene rings is 1. The molecule has 1 aliphatic heterocycles. The highest BCUT2D eigenvalue weighted by atomic mass is 35.5. The van der Waals surface area contributed by atoms with E-state index in [4.69, 9.17) is 23.2 Å². The first kappa shape index (κ1) is 10.7. The molecule has 17 heavy (non-hydrogen) atoms. The van der Waals surface area contributed by atoms with Crippen LogP contribution in [0.25, 0.3) is 11.0 Å². The summed E-state index contributed by atoms with van der Waals surface area (Å²) in [7, 11) is 0. The Morgan fingerprint density at radius 1 is 1.35 bits per heavy atom. The number of aliphatic imine (C=N–C) groups is 1. The third-order valence-electron chi connectivity index (χ3n) is 2.52. The number of guanidine groups is 1. The molecule has 3 N–H and O–H groups in total. The van der Waals surface area contributed by atoms with Gasteiger partial charge in [-0.1, -0.05) is 23.2 Å². The molecule has 0 unspecified atom stereocenters. The number of aromatic nitrogens is 2. The van der Waals surface area contributed by atoms with Crippen LogP contribution in [0.5, 0.6) is 0 Å². The lowest BCUT2D eigenvalue weighted by atomic mass is 10.2. The van der Waals surface area contributed by atoms with E-state index in [1.54, 1.807) is 12.4 Å². The van der Waals surface area contributed by atoms with Gasteiger partial charge in [-0.25, -0.2) is 4.98 Å². The molecule has 0 aliphatic carbocycles. The van der Waals surface area contributed by atoms with Gasteiger partial charge in [-0.15, -0.1) is 0 Å². The summed E-state index contributed by atoms with van der Waals surface area (Å²) in [5, 5.41) is 7.31. The highest BCUT2D eigenvalue weighted by molar-refractivity contribution is 6.42. The highest BCUT2D eigenvalue weighted by Crippen LogP contribution is 2.34. The van der Waals surface area contributed by atoms with Crippen molar-refractivity contribution in [3.63, 3.8) is 0 Å². The Labute approximate surface area is 107 Å². The lowest BCUT2D eigenvalue weighted by molar-refractivity contribution is 0.959. The third-order valence-corrected chi connectivity index (χ3v) is 3.20. The number of imidazole rings is 1. The molecule has 2 heterocycles. The van der Waals surface area contributed by atoms with Crippen molar-refractivity contribution in [2.24, 2.45) is 4.99 Å². The smallest absolute Gasteiger partial charge is 0.195 e. The topological polar surface area (TPSA) is 65.1 Å². The number of H-pyrrole nitrogens is 1. The molecule has 0 saturated carbocycles. The molecule has 2 aromatic rings. The van der Waals surface area contributed by atoms with Crippen LogP contribution < -0.4 is 10.6 Å². The van der Waals surface area contributed by atoms with Crippen molar-refractivity contribution in [3.05, 3.63) is 22.4 Å². The lowest BCUT2D eigenvalue weighted by Gasteiger charge is -2.09. The summed E-state index contributed by atoms with van der Waals surface area (Å²) in [5.41, 5.74) is 2.10. The molecular formula is C10H9Cl2N5. The summed E-state index contributed by atoms with van der Waals surface area (Å²) < 4.78 is 0. The number of hydrogen-bond donors (Lipinski definition) is 3. The lowest BCUT2D eigenvalue weighted by Crippen LogP contribution is -2.26. The molecule has 7 heteroatoms. The molecule has 88 valence electrons. The first-order valence-electron chi connectivity index (χ1n) is 5.12. The van der Waals surface area contributed by atoms with E-state index in [2.05, 4.69) is 25.6 Å². The molecule has 0 amide bonds. The van der Waals surface area contributed by atoms with E-state index in [0.29, 0.717) is 27.2 Å². The van der Waals surface area contributed by atoms with Crippen LogP contribution in [0.3, 0.4) is 0 Å². The van der Waals surface area contributed by atoms with Gasteiger partial charge in [-0.3, -0.25) is 4.99 Å². The van der Waals surface area contributed by atoms with Crippen LogP contribution in [-0.4, -0.2) is 29.0 Å². The Morgan fingerprint density at radius 2 is 2.24 bits per heavy atom. The standard InChI is InChI=1S/C10H9Cl2N5/c11-5-3-6(17-10-13-1-2-14-10)7(12)9-8(5)15-4-16-9/h3-4H,1-2H2,(H,15,16)(H2,13,14,17). The number of anilines is 1. The monoisotopic (exact) mass is 269 g/mol. The zero-order valence-electron chi connectivity index (χ0n) is 8.72. The van der Waals surface area contributed by atoms with Crippen molar-refractivity contribution in [1.29, 1.82) is 0 Å². The van der Waals surface area contributed by atoms with Crippen LogP contribution in [0.1, 0.15) is 0 Å². The summed E-state index contributed by atoms with van der Waals surface area (Å²) in [5.74, 6) is 0.710. The van der Waals surface area contributed by atoms with Gasteiger partial charge in [0.05, 0.1) is 34.1 Å². The van der Waals surface area contributed by atoms with Gasteiger partial charge in [0.15, 0.2) is 5.96 Å². The molecule has 0 radical (unpaired) electrons. The largest absolute Gasteiger partial charge is 0.354 e. The number of fused-ring (bicyclic) bond motifs is 1. The van der Waals surface area contributed by atoms with Gasteiger partial charge in [0.2, 0.25) is 0 Å². The van der Waals surface area contributed by atoms with Crippen molar-refractivity contribution in [1.82, 2.24) is 15.3 Å². The maximum absolute atomic E-state index is 6.26. The number of halogens is 2. The zero-order chi connectivity index (χ0) is 11.8. The summed E-state index contributed by atoms with van der Waals surface area (Å²) in [6.45, 7) is 1.60. The number of hydrogen-bond acceptors (Lipinski definition) is 4. The molecule has 0 atom stereocenters. The first-order chi connectivity index (χ1) is 8.25. The van der Waals surface area contributed by atoms with Crippen molar-refractivity contribution in [2.75, 3.05) is 18.4 Å². The third kappa shape index (κ3) is 1.81. The quantitative estimate of drug-likeness (QED) is 0.744. The molecule has 1 aromatic carbocycles. The highest BCUT2D eigenvalue weighted by Gasteiger charge is 2.14. The van der Waals surface area contributed by atoms with Gasteiger partial charge < -0.3 is 15.6 Å². The summed E-state index contributed by atoms with van der Waals surface area (Å²) in [4.78, 5) is 11.3. The van der Waals surface area contributed by atoms with Crippen LogP contribution in [0.4, 0.5) is 5.69 Å². The van der Waals surface area contributed by atoms with Gasteiger partial charge in [0.1, 0.15) is 5.52 Å². The minimum absolute atomic E-state index is 0.548. The molecule has 0 fully saturated rings. The van der Waals surface area contributed by atoms with E-state index in [1.807, 2.05) is 0 Å². The Kier molecular flexibility index (Phi) is 2.57. The van der Waals surface area contributed by atoms with Gasteiger partial charge in [0.25, 0.3) is 0 Å². The minimum atomic E-state index is 0.548. The van der Waals surface area contributed by atoms with E-state index in [9.17, 15) is 0 Å². The van der Waals surface area contributed by atoms with Crippen LogP contribution in [0, 0.1) is 0 Å². The molecule has 0 bridgehead atoms. The number of aromatic amines is 1. The second kappa shape index (κ2) is 4.09. The Bertz CT molecular complexity index is 604. The van der Waals surface area contributed by atoms with Crippen LogP contribution in [0.2, 0.25) is 10.0 Å². The maximum Gasteiger partial charge on any atom is 0.195 e. The first-order valence-corrected chi connectivity index (χ1v) is 5.88. The molecule has 0 saturated heterocycles. The fraction of sp³-hybridized carbons (Fsp3) is 0.200. The van der Waals surface area contributed by atoms with Crippen molar-refractivity contribution in [2.45, 2.75) is 0 Å². The van der Waals surface area contributed by atoms with Crippen LogP contribution >= 0.6 is 23.2 Å². The average molecular weight is 270 g/mol. The van der Waals surface area contributed by atoms with Gasteiger partial charge in [-0.05, 0) is 6.07 Å².